The molecule has 2 heterocycles. The fraction of sp³-hybridized carbons (Fsp3) is 0.714. The highest BCUT2D eigenvalue weighted by Gasteiger charge is 2.30. The largest absolute Gasteiger partial charge is 0.339 e. The normalized spacial score (nSPS) is 17.8. The molecule has 28 heavy (non-hydrogen) atoms. The number of hydrogen-bond donors (Lipinski definition) is 0. The van der Waals surface area contributed by atoms with Gasteiger partial charge in [0.05, 0.1) is 24.7 Å². The van der Waals surface area contributed by atoms with E-state index in [2.05, 4.69) is 11.2 Å². The first-order chi connectivity index (χ1) is 13.5. The molecule has 0 N–H and O–H groups in total. The van der Waals surface area contributed by atoms with Crippen molar-refractivity contribution < 1.29 is 9.59 Å². The second-order valence-corrected chi connectivity index (χ2v) is 7.97. The molecule has 3 rings (SSSR count). The third-order valence-electron chi connectivity index (χ3n) is 6.20. The quantitative estimate of drug-likeness (QED) is 0.752. The molecule has 152 valence electrons. The number of carbonyl (C=O) groups excluding carboxylic acids is 2. The summed E-state index contributed by atoms with van der Waals surface area (Å²) in [6.45, 7) is 7.14. The van der Waals surface area contributed by atoms with Crippen molar-refractivity contribution in [2.45, 2.75) is 65.3 Å². The van der Waals surface area contributed by atoms with Gasteiger partial charge in [0.25, 0.3) is 0 Å². The van der Waals surface area contributed by atoms with Crippen LogP contribution in [-0.2, 0) is 22.6 Å². The Kier molecular flexibility index (Phi) is 6.71. The fourth-order valence-electron chi connectivity index (χ4n) is 4.47. The molecule has 0 spiro atoms. The molecular weight excluding hydrogens is 354 g/mol. The average molecular weight is 386 g/mol. The standard InChI is InChI=1S/C21H31N5O2/c1-16-19(17(2)26(23-16)11-5-10-22)8-9-20(27)24-12-14-25(15-13-24)21(28)18-6-3-4-7-18/h18H,3-9,11-15H2,1-2H3. The highest BCUT2D eigenvalue weighted by molar-refractivity contribution is 5.80. The highest BCUT2D eigenvalue weighted by atomic mass is 16.2. The summed E-state index contributed by atoms with van der Waals surface area (Å²) in [5.74, 6) is 0.656. The number of piperazine rings is 1. The van der Waals surface area contributed by atoms with E-state index in [4.69, 9.17) is 5.26 Å². The molecular formula is C21H31N5O2. The van der Waals surface area contributed by atoms with Crippen molar-refractivity contribution in [1.82, 2.24) is 19.6 Å². The van der Waals surface area contributed by atoms with Crippen LogP contribution in [0.3, 0.4) is 0 Å². The van der Waals surface area contributed by atoms with Crippen LogP contribution in [0.4, 0.5) is 0 Å². The molecule has 1 saturated heterocycles. The molecule has 1 aromatic heterocycles. The summed E-state index contributed by atoms with van der Waals surface area (Å²) in [6, 6.07) is 2.14. The predicted molar refractivity (Wildman–Crippen MR) is 105 cm³/mol. The van der Waals surface area contributed by atoms with Crippen LogP contribution in [0.25, 0.3) is 0 Å². The van der Waals surface area contributed by atoms with E-state index in [1.54, 1.807) is 0 Å². The van der Waals surface area contributed by atoms with E-state index in [9.17, 15) is 9.59 Å². The Balaban J connectivity index is 1.48. The van der Waals surface area contributed by atoms with Crippen LogP contribution in [0.5, 0.6) is 0 Å². The number of nitriles is 1. The monoisotopic (exact) mass is 385 g/mol. The van der Waals surface area contributed by atoms with Gasteiger partial charge in [-0.05, 0) is 38.7 Å². The van der Waals surface area contributed by atoms with E-state index < -0.39 is 0 Å². The molecule has 7 nitrogen and oxygen atoms in total. The zero-order valence-electron chi connectivity index (χ0n) is 17.1. The maximum atomic E-state index is 12.7. The average Bonchev–Trinajstić information content (AvgIpc) is 3.33. The summed E-state index contributed by atoms with van der Waals surface area (Å²) in [7, 11) is 0. The lowest BCUT2D eigenvalue weighted by molar-refractivity contribution is -0.142. The molecule has 0 aromatic carbocycles. The van der Waals surface area contributed by atoms with Gasteiger partial charge in [-0.15, -0.1) is 0 Å². The number of amides is 2. The fourth-order valence-corrected chi connectivity index (χ4v) is 4.47. The van der Waals surface area contributed by atoms with Crippen molar-refractivity contribution in [2.75, 3.05) is 26.2 Å². The van der Waals surface area contributed by atoms with Gasteiger partial charge in [-0.2, -0.15) is 10.4 Å². The number of aromatic nitrogens is 2. The van der Waals surface area contributed by atoms with E-state index in [0.29, 0.717) is 57.9 Å². The van der Waals surface area contributed by atoms with Crippen LogP contribution in [0.1, 0.15) is 55.5 Å². The Morgan fingerprint density at radius 3 is 2.39 bits per heavy atom. The van der Waals surface area contributed by atoms with Gasteiger partial charge in [-0.3, -0.25) is 14.3 Å². The topological polar surface area (TPSA) is 82.2 Å². The smallest absolute Gasteiger partial charge is 0.225 e. The molecule has 7 heteroatoms. The van der Waals surface area contributed by atoms with Crippen LogP contribution < -0.4 is 0 Å². The predicted octanol–water partition coefficient (Wildman–Crippen LogP) is 2.21. The lowest BCUT2D eigenvalue weighted by atomic mass is 10.1. The van der Waals surface area contributed by atoms with Crippen molar-refractivity contribution in [3.8, 4) is 6.07 Å². The summed E-state index contributed by atoms with van der Waals surface area (Å²) >= 11 is 0. The van der Waals surface area contributed by atoms with E-state index >= 15 is 0 Å². The van der Waals surface area contributed by atoms with Gasteiger partial charge in [0.2, 0.25) is 11.8 Å². The lowest BCUT2D eigenvalue weighted by Gasteiger charge is -2.36. The molecule has 0 radical (unpaired) electrons. The molecule has 2 fully saturated rings. The third kappa shape index (κ3) is 4.54. The number of nitrogens with zero attached hydrogens (tertiary/aromatic N) is 5. The Morgan fingerprint density at radius 1 is 1.11 bits per heavy atom. The number of carbonyl (C=O) groups is 2. The molecule has 2 amide bonds. The molecule has 1 aromatic rings. The van der Waals surface area contributed by atoms with E-state index in [1.165, 1.54) is 12.8 Å². The molecule has 2 aliphatic rings. The maximum absolute atomic E-state index is 12.7. The summed E-state index contributed by atoms with van der Waals surface area (Å²) < 4.78 is 1.87. The summed E-state index contributed by atoms with van der Waals surface area (Å²) in [5, 5.41) is 13.3. The summed E-state index contributed by atoms with van der Waals surface area (Å²) in [5.41, 5.74) is 3.10. The number of aryl methyl sites for hydroxylation is 2. The second kappa shape index (κ2) is 9.22. The molecule has 0 unspecified atom stereocenters. The third-order valence-corrected chi connectivity index (χ3v) is 6.20. The van der Waals surface area contributed by atoms with Crippen LogP contribution >= 0.6 is 0 Å². The van der Waals surface area contributed by atoms with Crippen LogP contribution in [0.2, 0.25) is 0 Å². The Labute approximate surface area is 167 Å². The van der Waals surface area contributed by atoms with Gasteiger partial charge in [-0.25, -0.2) is 0 Å². The van der Waals surface area contributed by atoms with Gasteiger partial charge in [0.15, 0.2) is 0 Å². The van der Waals surface area contributed by atoms with Crippen molar-refractivity contribution in [3.05, 3.63) is 17.0 Å². The molecule has 0 bridgehead atoms. The molecule has 1 aliphatic heterocycles. The highest BCUT2D eigenvalue weighted by Crippen LogP contribution is 2.27. The summed E-state index contributed by atoms with van der Waals surface area (Å²) in [4.78, 5) is 29.0. The first-order valence-corrected chi connectivity index (χ1v) is 10.5. The summed E-state index contributed by atoms with van der Waals surface area (Å²) in [6.07, 6.45) is 5.95. The van der Waals surface area contributed by atoms with Crippen molar-refractivity contribution in [3.63, 3.8) is 0 Å². The molecule has 0 atom stereocenters. The molecule has 1 saturated carbocycles. The minimum atomic E-state index is 0.150. The van der Waals surface area contributed by atoms with Crippen LogP contribution in [-0.4, -0.2) is 57.6 Å². The van der Waals surface area contributed by atoms with E-state index in [1.807, 2.05) is 28.3 Å². The minimum Gasteiger partial charge on any atom is -0.339 e. The Hall–Kier alpha value is -2.36. The zero-order chi connectivity index (χ0) is 20.1. The maximum Gasteiger partial charge on any atom is 0.225 e. The van der Waals surface area contributed by atoms with Crippen LogP contribution in [0.15, 0.2) is 0 Å². The Bertz CT molecular complexity index is 750. The number of hydrogen-bond acceptors (Lipinski definition) is 4. The van der Waals surface area contributed by atoms with E-state index in [-0.39, 0.29) is 11.8 Å². The lowest BCUT2D eigenvalue weighted by Crippen LogP contribution is -2.51. The van der Waals surface area contributed by atoms with Gasteiger partial charge in [-0.1, -0.05) is 12.8 Å². The van der Waals surface area contributed by atoms with Crippen molar-refractivity contribution in [1.29, 1.82) is 5.26 Å². The van der Waals surface area contributed by atoms with E-state index in [0.717, 1.165) is 29.8 Å². The van der Waals surface area contributed by atoms with Crippen molar-refractivity contribution in [2.24, 2.45) is 5.92 Å². The van der Waals surface area contributed by atoms with Crippen LogP contribution in [0, 0.1) is 31.1 Å². The van der Waals surface area contributed by atoms with Gasteiger partial charge >= 0.3 is 0 Å². The molecule has 1 aliphatic carbocycles. The SMILES string of the molecule is Cc1nn(CCC#N)c(C)c1CCC(=O)N1CCN(C(=O)C2CCCC2)CC1. The van der Waals surface area contributed by atoms with Crippen molar-refractivity contribution >= 4 is 11.8 Å². The van der Waals surface area contributed by atoms with Gasteiger partial charge in [0.1, 0.15) is 0 Å². The van der Waals surface area contributed by atoms with Gasteiger partial charge in [0, 0.05) is 44.2 Å². The first kappa shape index (κ1) is 20.4. The minimum absolute atomic E-state index is 0.150. The number of rotatable bonds is 6. The van der Waals surface area contributed by atoms with Gasteiger partial charge < -0.3 is 9.80 Å². The first-order valence-electron chi connectivity index (χ1n) is 10.5. The Morgan fingerprint density at radius 2 is 1.75 bits per heavy atom. The second-order valence-electron chi connectivity index (χ2n) is 7.97. The zero-order valence-corrected chi connectivity index (χ0v) is 17.1.